The number of fused-ring (bicyclic) bond motifs is 1. The zero-order chi connectivity index (χ0) is 20.2. The quantitative estimate of drug-likeness (QED) is 0.843. The Labute approximate surface area is 166 Å². The van der Waals surface area contributed by atoms with Crippen LogP contribution in [0, 0.1) is 5.92 Å². The summed E-state index contributed by atoms with van der Waals surface area (Å²) in [6.45, 7) is 4.35. The van der Waals surface area contributed by atoms with Crippen LogP contribution in [0.25, 0.3) is 11.3 Å². The molecule has 1 N–H and O–H groups in total. The molecule has 0 amide bonds. The van der Waals surface area contributed by atoms with E-state index in [9.17, 15) is 14.7 Å². The van der Waals surface area contributed by atoms with Crippen molar-refractivity contribution in [3.05, 3.63) is 40.8 Å². The van der Waals surface area contributed by atoms with E-state index in [-0.39, 0.29) is 34.3 Å². The number of rotatable bonds is 3. The summed E-state index contributed by atoms with van der Waals surface area (Å²) < 4.78 is 13.2. The van der Waals surface area contributed by atoms with Crippen molar-refractivity contribution in [1.29, 1.82) is 0 Å². The number of aliphatic hydroxyl groups is 1. The summed E-state index contributed by atoms with van der Waals surface area (Å²) in [6.07, 6.45) is 2.95. The van der Waals surface area contributed by atoms with E-state index in [0.29, 0.717) is 17.8 Å². The molecule has 1 aliphatic heterocycles. The maximum atomic E-state index is 13.3. The number of Topliss-reactive ketones (excluding diaryl/α,β-unsaturated/α-hetero) is 1. The fourth-order valence-electron chi connectivity index (χ4n) is 3.85. The summed E-state index contributed by atoms with van der Waals surface area (Å²) in [7, 11) is 1.44. The first-order valence-electron chi connectivity index (χ1n) is 8.95. The van der Waals surface area contributed by atoms with E-state index < -0.39 is 23.1 Å². The molecule has 1 spiro atoms. The zero-order valence-electron chi connectivity index (χ0n) is 15.7. The molecule has 146 valence electrons. The number of carbonyl (C=O) groups excluding carboxylic acids is 2. The molecule has 28 heavy (non-hydrogen) atoms. The average Bonchev–Trinajstić information content (AvgIpc) is 3.25. The first-order chi connectivity index (χ1) is 13.3. The number of methoxy groups -OCH3 is 1. The highest BCUT2D eigenvalue weighted by atomic mass is 35.5. The Balaban J connectivity index is 1.92. The van der Waals surface area contributed by atoms with E-state index in [1.165, 1.54) is 7.11 Å². The number of aromatic nitrogens is 2. The maximum Gasteiger partial charge on any atom is 0.230 e. The van der Waals surface area contributed by atoms with Gasteiger partial charge in [0.25, 0.3) is 0 Å². The molecular formula is C20H19ClN2O5. The summed E-state index contributed by atoms with van der Waals surface area (Å²) in [6, 6.07) is 3.45. The molecule has 7 nitrogen and oxygen atoms in total. The molecule has 0 radical (unpaired) electrons. The molecule has 1 aromatic heterocycles. The van der Waals surface area contributed by atoms with Crippen LogP contribution in [0.5, 0.6) is 11.5 Å². The number of ether oxygens (including phenoxy) is 2. The van der Waals surface area contributed by atoms with Gasteiger partial charge in [0, 0.05) is 36.7 Å². The fourth-order valence-corrected chi connectivity index (χ4v) is 4.14. The number of carbonyl (C=O) groups is 2. The van der Waals surface area contributed by atoms with Crippen molar-refractivity contribution in [2.75, 3.05) is 7.11 Å². The van der Waals surface area contributed by atoms with Gasteiger partial charge in [0.1, 0.15) is 17.1 Å². The third-order valence-corrected chi connectivity index (χ3v) is 5.73. The van der Waals surface area contributed by atoms with Crippen LogP contribution >= 0.6 is 11.6 Å². The minimum absolute atomic E-state index is 0.0808. The summed E-state index contributed by atoms with van der Waals surface area (Å²) in [5.41, 5.74) is -0.351. The average molecular weight is 403 g/mol. The number of benzene rings is 1. The van der Waals surface area contributed by atoms with E-state index in [1.807, 2.05) is 19.2 Å². The number of halogens is 1. The normalized spacial score (nSPS) is 23.6. The van der Waals surface area contributed by atoms with Crippen molar-refractivity contribution in [1.82, 2.24) is 9.78 Å². The first-order valence-corrected chi connectivity index (χ1v) is 9.33. The van der Waals surface area contributed by atoms with Crippen molar-refractivity contribution >= 4 is 23.2 Å². The molecular weight excluding hydrogens is 384 g/mol. The van der Waals surface area contributed by atoms with Crippen molar-refractivity contribution in [2.45, 2.75) is 32.4 Å². The van der Waals surface area contributed by atoms with Crippen LogP contribution in [0.1, 0.15) is 30.6 Å². The minimum atomic E-state index is -1.67. The molecule has 1 aromatic carbocycles. The summed E-state index contributed by atoms with van der Waals surface area (Å²) >= 11 is 6.61. The molecule has 0 saturated carbocycles. The zero-order valence-corrected chi connectivity index (χ0v) is 16.4. The van der Waals surface area contributed by atoms with Gasteiger partial charge in [-0.15, -0.1) is 0 Å². The monoisotopic (exact) mass is 402 g/mol. The van der Waals surface area contributed by atoms with Gasteiger partial charge in [0.2, 0.25) is 11.4 Å². The highest BCUT2D eigenvalue weighted by Crippen LogP contribution is 2.53. The predicted octanol–water partition coefficient (Wildman–Crippen LogP) is 3.60. The molecule has 0 saturated heterocycles. The lowest BCUT2D eigenvalue weighted by Crippen LogP contribution is -2.51. The lowest BCUT2D eigenvalue weighted by atomic mass is 9.75. The molecule has 1 aliphatic carbocycles. The number of aryl methyl sites for hydroxylation is 1. The largest absolute Gasteiger partial charge is 0.507 e. The van der Waals surface area contributed by atoms with Crippen molar-refractivity contribution in [3.8, 4) is 22.8 Å². The van der Waals surface area contributed by atoms with Crippen LogP contribution in [0.2, 0.25) is 5.02 Å². The summed E-state index contributed by atoms with van der Waals surface area (Å²) in [5.74, 6) is -1.29. The number of nitrogens with zero attached hydrogens (tertiary/aromatic N) is 2. The maximum absolute atomic E-state index is 13.3. The van der Waals surface area contributed by atoms with Gasteiger partial charge in [-0.25, -0.2) is 0 Å². The second-order valence-electron chi connectivity index (χ2n) is 6.97. The molecule has 2 aromatic rings. The fraction of sp³-hybridized carbons (Fsp3) is 0.350. The number of hydrogen-bond acceptors (Lipinski definition) is 6. The second kappa shape index (κ2) is 6.38. The van der Waals surface area contributed by atoms with Gasteiger partial charge in [-0.05, 0) is 19.1 Å². The van der Waals surface area contributed by atoms with Crippen LogP contribution in [0.3, 0.4) is 0 Å². The van der Waals surface area contributed by atoms with E-state index in [4.69, 9.17) is 21.1 Å². The lowest BCUT2D eigenvalue weighted by Gasteiger charge is -2.34. The predicted molar refractivity (Wildman–Crippen MR) is 102 cm³/mol. The number of allylic oxidation sites excluding steroid dienone is 1. The summed E-state index contributed by atoms with van der Waals surface area (Å²) in [5, 5.41) is 15.2. The number of hydrogen-bond donors (Lipinski definition) is 1. The van der Waals surface area contributed by atoms with Gasteiger partial charge in [-0.2, -0.15) is 5.10 Å². The minimum Gasteiger partial charge on any atom is -0.507 e. The van der Waals surface area contributed by atoms with E-state index in [2.05, 4.69) is 5.10 Å². The van der Waals surface area contributed by atoms with Gasteiger partial charge < -0.3 is 14.6 Å². The molecule has 8 heteroatoms. The molecule has 2 heterocycles. The van der Waals surface area contributed by atoms with Crippen LogP contribution in [0.4, 0.5) is 0 Å². The highest BCUT2D eigenvalue weighted by molar-refractivity contribution is 6.36. The van der Waals surface area contributed by atoms with Crippen molar-refractivity contribution in [2.24, 2.45) is 5.92 Å². The molecule has 2 aliphatic rings. The highest BCUT2D eigenvalue weighted by Gasteiger charge is 2.59. The SMILES string of the molecule is CCn1ccc(-c2cc(OC)c3c(c2Cl)O[C@]2(C3=O)C(O)=CC(=O)C[C@H]2C)n1. The van der Waals surface area contributed by atoms with E-state index >= 15 is 0 Å². The third-order valence-electron chi connectivity index (χ3n) is 5.35. The van der Waals surface area contributed by atoms with Gasteiger partial charge in [0.15, 0.2) is 11.5 Å². The smallest absolute Gasteiger partial charge is 0.230 e. The second-order valence-corrected chi connectivity index (χ2v) is 7.35. The Morgan fingerprint density at radius 1 is 1.46 bits per heavy atom. The van der Waals surface area contributed by atoms with Crippen LogP contribution in [-0.2, 0) is 11.3 Å². The Morgan fingerprint density at radius 3 is 2.82 bits per heavy atom. The van der Waals surface area contributed by atoms with Gasteiger partial charge >= 0.3 is 0 Å². The molecule has 0 fully saturated rings. The van der Waals surface area contributed by atoms with Crippen LogP contribution in [-0.4, -0.2) is 39.2 Å². The van der Waals surface area contributed by atoms with Gasteiger partial charge in [0.05, 0.1) is 17.8 Å². The van der Waals surface area contributed by atoms with E-state index in [0.717, 1.165) is 6.08 Å². The topological polar surface area (TPSA) is 90.6 Å². The van der Waals surface area contributed by atoms with Crippen molar-refractivity contribution in [3.63, 3.8) is 0 Å². The van der Waals surface area contributed by atoms with Gasteiger partial charge in [-0.1, -0.05) is 18.5 Å². The Morgan fingerprint density at radius 2 is 2.21 bits per heavy atom. The number of ketones is 2. The lowest BCUT2D eigenvalue weighted by molar-refractivity contribution is -0.118. The Hall–Kier alpha value is -2.80. The first kappa shape index (κ1) is 18.6. The molecule has 0 bridgehead atoms. The van der Waals surface area contributed by atoms with Crippen LogP contribution in [0.15, 0.2) is 30.2 Å². The van der Waals surface area contributed by atoms with Gasteiger partial charge in [-0.3, -0.25) is 14.3 Å². The van der Waals surface area contributed by atoms with E-state index in [1.54, 1.807) is 17.7 Å². The van der Waals surface area contributed by atoms with Crippen molar-refractivity contribution < 1.29 is 24.2 Å². The molecule has 0 unspecified atom stereocenters. The molecule has 2 atom stereocenters. The third kappa shape index (κ3) is 2.39. The number of aliphatic hydroxyl groups excluding tert-OH is 1. The standard InChI is InChI=1S/C20H19ClN2O5/c1-4-23-6-5-13(22-23)12-9-14(27-3)16-18(17(12)21)28-20(19(16)26)10(2)7-11(24)8-15(20)25/h5-6,8-10,25H,4,7H2,1-3H3/t10-,20+/m1/s1. The molecule has 4 rings (SSSR count). The Kier molecular flexibility index (Phi) is 4.23. The summed E-state index contributed by atoms with van der Waals surface area (Å²) in [4.78, 5) is 25.1. The Bertz CT molecular complexity index is 1040. The van der Waals surface area contributed by atoms with Crippen LogP contribution < -0.4 is 9.47 Å².